The highest BCUT2D eigenvalue weighted by atomic mass is 35.5. The second kappa shape index (κ2) is 6.20. The normalized spacial score (nSPS) is 19.8. The topological polar surface area (TPSA) is 78.5 Å². The molecule has 2 fully saturated rings. The summed E-state index contributed by atoms with van der Waals surface area (Å²) in [4.78, 5) is 36.7. The maximum atomic E-state index is 12.5. The molecule has 1 aromatic rings. The first-order valence-corrected chi connectivity index (χ1v) is 8.09. The number of urea groups is 1. The van der Waals surface area contributed by atoms with E-state index in [1.807, 2.05) is 0 Å². The monoisotopic (exact) mass is 335 g/mol. The molecule has 0 radical (unpaired) electrons. The van der Waals surface area contributed by atoms with E-state index in [-0.39, 0.29) is 12.3 Å². The van der Waals surface area contributed by atoms with Crippen molar-refractivity contribution >= 4 is 29.4 Å². The summed E-state index contributed by atoms with van der Waals surface area (Å²) in [5, 5.41) is 4.10. The van der Waals surface area contributed by atoms with Gasteiger partial charge in [0.25, 0.3) is 5.91 Å². The molecule has 23 heavy (non-hydrogen) atoms. The molecule has 122 valence electrons. The van der Waals surface area contributed by atoms with Crippen LogP contribution in [0.1, 0.15) is 37.7 Å². The molecular weight excluding hydrogens is 318 g/mol. The Morgan fingerprint density at radius 3 is 2.70 bits per heavy atom. The number of rotatable bonds is 3. The van der Waals surface area contributed by atoms with Crippen LogP contribution in [0.3, 0.4) is 0 Å². The Labute approximate surface area is 139 Å². The minimum absolute atomic E-state index is 0.0463. The maximum Gasteiger partial charge on any atom is 0.344 e. The highest BCUT2D eigenvalue weighted by Crippen LogP contribution is 2.32. The second-order valence-electron chi connectivity index (χ2n) is 6.06. The van der Waals surface area contributed by atoms with Crippen LogP contribution in [0.2, 0.25) is 5.02 Å². The molecule has 1 saturated heterocycles. The number of amides is 4. The number of nitrogens with one attached hydrogen (secondary N) is 2. The third-order valence-electron chi connectivity index (χ3n) is 4.36. The van der Waals surface area contributed by atoms with Crippen molar-refractivity contribution in [2.24, 2.45) is 0 Å². The Hall–Kier alpha value is -2.08. The third-order valence-corrected chi connectivity index (χ3v) is 4.59. The number of hydrogen-bond donors (Lipinski definition) is 2. The van der Waals surface area contributed by atoms with Crippen molar-refractivity contribution < 1.29 is 14.4 Å². The fourth-order valence-electron chi connectivity index (χ4n) is 3.21. The molecule has 1 spiro atoms. The summed E-state index contributed by atoms with van der Waals surface area (Å²) in [5.74, 6) is -0.787. The number of hydrogen-bond acceptors (Lipinski definition) is 3. The number of benzene rings is 1. The standard InChI is InChI=1S/C16H18ClN3O3/c17-12-6-4-5-11(9-12)10-13(21)19-20-14(22)16(18-15(20)23)7-2-1-3-8-16/h4-6,9H,1-3,7-8,10H2,(H,18,23)(H,19,21). The molecule has 7 heteroatoms. The quantitative estimate of drug-likeness (QED) is 0.831. The van der Waals surface area contributed by atoms with Crippen molar-refractivity contribution in [1.82, 2.24) is 15.8 Å². The first-order valence-electron chi connectivity index (χ1n) is 7.71. The average Bonchev–Trinajstić information content (AvgIpc) is 2.72. The molecule has 1 aromatic carbocycles. The number of hydrazine groups is 1. The van der Waals surface area contributed by atoms with Gasteiger partial charge >= 0.3 is 6.03 Å². The van der Waals surface area contributed by atoms with Crippen LogP contribution in [0.4, 0.5) is 4.79 Å². The molecule has 1 saturated carbocycles. The number of imide groups is 1. The van der Waals surface area contributed by atoms with Crippen LogP contribution in [0.5, 0.6) is 0 Å². The van der Waals surface area contributed by atoms with E-state index in [1.165, 1.54) is 0 Å². The number of nitrogens with zero attached hydrogens (tertiary/aromatic N) is 1. The smallest absolute Gasteiger partial charge is 0.322 e. The molecule has 0 atom stereocenters. The third kappa shape index (κ3) is 3.17. The molecule has 6 nitrogen and oxygen atoms in total. The lowest BCUT2D eigenvalue weighted by Gasteiger charge is -2.30. The summed E-state index contributed by atoms with van der Waals surface area (Å²) in [5.41, 5.74) is 2.29. The van der Waals surface area contributed by atoms with E-state index in [2.05, 4.69) is 10.7 Å². The van der Waals surface area contributed by atoms with Crippen molar-refractivity contribution in [1.29, 1.82) is 0 Å². The zero-order chi connectivity index (χ0) is 16.4. The van der Waals surface area contributed by atoms with E-state index in [0.717, 1.165) is 29.8 Å². The van der Waals surface area contributed by atoms with Crippen LogP contribution in [0, 0.1) is 0 Å². The fourth-order valence-corrected chi connectivity index (χ4v) is 3.43. The summed E-state index contributed by atoms with van der Waals surface area (Å²) in [6, 6.07) is 6.34. The van der Waals surface area contributed by atoms with Gasteiger partial charge in [0, 0.05) is 5.02 Å². The summed E-state index contributed by atoms with van der Waals surface area (Å²) in [6.07, 6.45) is 4.15. The van der Waals surface area contributed by atoms with Gasteiger partial charge in [-0.1, -0.05) is 43.0 Å². The van der Waals surface area contributed by atoms with Gasteiger partial charge in [0.2, 0.25) is 5.91 Å². The summed E-state index contributed by atoms with van der Waals surface area (Å²) < 4.78 is 0. The lowest BCUT2D eigenvalue weighted by molar-refractivity contribution is -0.139. The Morgan fingerprint density at radius 1 is 1.26 bits per heavy atom. The maximum absolute atomic E-state index is 12.5. The van der Waals surface area contributed by atoms with Crippen molar-refractivity contribution in [3.05, 3.63) is 34.9 Å². The van der Waals surface area contributed by atoms with Gasteiger partial charge in [-0.3, -0.25) is 15.0 Å². The van der Waals surface area contributed by atoms with Crippen LogP contribution in [-0.4, -0.2) is 28.4 Å². The van der Waals surface area contributed by atoms with E-state index in [9.17, 15) is 14.4 Å². The molecule has 1 aliphatic heterocycles. The van der Waals surface area contributed by atoms with Gasteiger partial charge in [0.1, 0.15) is 5.54 Å². The van der Waals surface area contributed by atoms with Gasteiger partial charge in [-0.2, -0.15) is 5.01 Å². The van der Waals surface area contributed by atoms with Crippen molar-refractivity contribution in [3.8, 4) is 0 Å². The minimum Gasteiger partial charge on any atom is -0.322 e. The van der Waals surface area contributed by atoms with Gasteiger partial charge in [-0.05, 0) is 30.5 Å². The SMILES string of the molecule is O=C(Cc1cccc(Cl)c1)NN1C(=O)NC2(CCCCC2)C1=O. The molecule has 0 bridgehead atoms. The fraction of sp³-hybridized carbons (Fsp3) is 0.438. The van der Waals surface area contributed by atoms with Gasteiger partial charge in [-0.25, -0.2) is 4.79 Å². The molecular formula is C16H18ClN3O3. The number of carbonyl (C=O) groups is 3. The lowest BCUT2D eigenvalue weighted by atomic mass is 9.82. The molecule has 1 heterocycles. The molecule has 0 unspecified atom stereocenters. The molecule has 4 amide bonds. The van der Waals surface area contributed by atoms with Crippen LogP contribution in [0.25, 0.3) is 0 Å². The zero-order valence-corrected chi connectivity index (χ0v) is 13.4. The Kier molecular flexibility index (Phi) is 4.26. The largest absolute Gasteiger partial charge is 0.344 e. The Balaban J connectivity index is 1.66. The average molecular weight is 336 g/mol. The zero-order valence-electron chi connectivity index (χ0n) is 12.6. The van der Waals surface area contributed by atoms with E-state index < -0.39 is 17.5 Å². The minimum atomic E-state index is -0.835. The molecule has 3 rings (SSSR count). The molecule has 1 aliphatic carbocycles. The van der Waals surface area contributed by atoms with Crippen molar-refractivity contribution in [2.75, 3.05) is 0 Å². The van der Waals surface area contributed by atoms with E-state index in [0.29, 0.717) is 17.9 Å². The van der Waals surface area contributed by atoms with Crippen LogP contribution < -0.4 is 10.7 Å². The first-order chi connectivity index (χ1) is 11.0. The van der Waals surface area contributed by atoms with Crippen LogP contribution in [-0.2, 0) is 16.0 Å². The van der Waals surface area contributed by atoms with Crippen molar-refractivity contribution in [3.63, 3.8) is 0 Å². The highest BCUT2D eigenvalue weighted by molar-refractivity contribution is 6.30. The summed E-state index contributed by atoms with van der Waals surface area (Å²) in [6.45, 7) is 0. The van der Waals surface area contributed by atoms with Gasteiger partial charge in [0.05, 0.1) is 6.42 Å². The van der Waals surface area contributed by atoms with E-state index in [4.69, 9.17) is 11.6 Å². The van der Waals surface area contributed by atoms with Crippen LogP contribution >= 0.6 is 11.6 Å². The first kappa shape index (κ1) is 15.8. The summed E-state index contributed by atoms with van der Waals surface area (Å²) in [7, 11) is 0. The van der Waals surface area contributed by atoms with E-state index in [1.54, 1.807) is 24.3 Å². The Bertz CT molecular complexity index is 656. The molecule has 2 aliphatic rings. The summed E-state index contributed by atoms with van der Waals surface area (Å²) >= 11 is 5.88. The number of halogens is 1. The van der Waals surface area contributed by atoms with Gasteiger partial charge in [0.15, 0.2) is 0 Å². The Morgan fingerprint density at radius 2 is 2.00 bits per heavy atom. The predicted octanol–water partition coefficient (Wildman–Crippen LogP) is 2.17. The van der Waals surface area contributed by atoms with Crippen LogP contribution in [0.15, 0.2) is 24.3 Å². The van der Waals surface area contributed by atoms with Gasteiger partial charge in [-0.15, -0.1) is 0 Å². The highest BCUT2D eigenvalue weighted by Gasteiger charge is 2.52. The second-order valence-corrected chi connectivity index (χ2v) is 6.49. The van der Waals surface area contributed by atoms with E-state index >= 15 is 0 Å². The number of carbonyl (C=O) groups excluding carboxylic acids is 3. The van der Waals surface area contributed by atoms with Gasteiger partial charge < -0.3 is 5.32 Å². The molecule has 0 aromatic heterocycles. The lowest BCUT2D eigenvalue weighted by Crippen LogP contribution is -2.51. The molecule has 2 N–H and O–H groups in total. The van der Waals surface area contributed by atoms with Crippen molar-refractivity contribution in [2.45, 2.75) is 44.1 Å². The predicted molar refractivity (Wildman–Crippen MR) is 84.5 cm³/mol.